The summed E-state index contributed by atoms with van der Waals surface area (Å²) in [7, 11) is 0. The van der Waals surface area contributed by atoms with Crippen LogP contribution in [0.3, 0.4) is 0 Å². The number of allylic oxidation sites excluding steroid dienone is 2. The van der Waals surface area contributed by atoms with Gasteiger partial charge in [0, 0.05) is 18.9 Å². The maximum absolute atomic E-state index is 16.4. The number of aliphatic hydroxyl groups excluding tert-OH is 1. The van der Waals surface area contributed by atoms with Crippen LogP contribution in [0.15, 0.2) is 12.2 Å². The minimum Gasteiger partial charge on any atom is -0.396 e. The van der Waals surface area contributed by atoms with Crippen LogP contribution in [0.5, 0.6) is 0 Å². The Bertz CT molecular complexity index is 930. The van der Waals surface area contributed by atoms with Crippen molar-refractivity contribution in [2.24, 2.45) is 58.2 Å². The Kier molecular flexibility index (Phi) is 16.3. The van der Waals surface area contributed by atoms with Crippen molar-refractivity contribution in [3.05, 3.63) is 12.2 Å². The SMILES string of the molecule is CCCCCCCC/C=C\CCCCCCCCC1CC[C@@]2(C)C(C1)C(F)(F)C[C@H]1[C@@H]3CC[C@H]([C@H](C)CCCC(C)CO)[C@@]3(C)CC[C@@H]12. The third-order valence-electron chi connectivity index (χ3n) is 15.3. The number of aliphatic hydroxyl groups is 1. The van der Waals surface area contributed by atoms with Crippen molar-refractivity contribution in [1.29, 1.82) is 0 Å². The van der Waals surface area contributed by atoms with Gasteiger partial charge in [-0.25, -0.2) is 8.78 Å². The molecule has 10 atom stereocenters. The van der Waals surface area contributed by atoms with E-state index in [4.69, 9.17) is 0 Å². The van der Waals surface area contributed by atoms with Gasteiger partial charge in [0.15, 0.2) is 0 Å². The Morgan fingerprint density at radius 3 is 1.98 bits per heavy atom. The zero-order valence-corrected chi connectivity index (χ0v) is 32.6. The molecule has 0 heterocycles. The number of rotatable bonds is 22. The highest BCUT2D eigenvalue weighted by Crippen LogP contribution is 2.71. The normalized spacial score (nSPS) is 35.7. The topological polar surface area (TPSA) is 20.2 Å². The highest BCUT2D eigenvalue weighted by Gasteiger charge is 2.67. The molecule has 48 heavy (non-hydrogen) atoms. The molecule has 3 heteroatoms. The molecule has 0 aromatic heterocycles. The molecule has 1 nitrogen and oxygen atoms in total. The zero-order chi connectivity index (χ0) is 34.6. The van der Waals surface area contributed by atoms with Crippen LogP contribution in [0.1, 0.15) is 202 Å². The molecule has 4 aliphatic rings. The van der Waals surface area contributed by atoms with Gasteiger partial charge in [0.2, 0.25) is 0 Å². The summed E-state index contributed by atoms with van der Waals surface area (Å²) in [5, 5.41) is 9.44. The van der Waals surface area contributed by atoms with E-state index in [-0.39, 0.29) is 29.8 Å². The summed E-state index contributed by atoms with van der Waals surface area (Å²) in [6, 6.07) is 0. The van der Waals surface area contributed by atoms with Crippen LogP contribution in [-0.4, -0.2) is 17.6 Å². The van der Waals surface area contributed by atoms with E-state index in [1.165, 1.54) is 141 Å². The summed E-state index contributed by atoms with van der Waals surface area (Å²) in [4.78, 5) is 0. The summed E-state index contributed by atoms with van der Waals surface area (Å²) < 4.78 is 32.7. The molecule has 0 amide bonds. The fourth-order valence-corrected chi connectivity index (χ4v) is 12.4. The molecule has 1 N–H and O–H groups in total. The second-order valence-corrected chi connectivity index (χ2v) is 18.7. The van der Waals surface area contributed by atoms with E-state index in [0.717, 1.165) is 19.3 Å². The number of fused-ring (bicyclic) bond motifs is 5. The molecule has 0 saturated heterocycles. The largest absolute Gasteiger partial charge is 0.396 e. The van der Waals surface area contributed by atoms with Gasteiger partial charge in [-0.05, 0) is 129 Å². The summed E-state index contributed by atoms with van der Waals surface area (Å²) >= 11 is 0. The van der Waals surface area contributed by atoms with Crippen molar-refractivity contribution in [3.63, 3.8) is 0 Å². The van der Waals surface area contributed by atoms with E-state index < -0.39 is 11.8 Å². The van der Waals surface area contributed by atoms with Crippen LogP contribution < -0.4 is 0 Å². The summed E-state index contributed by atoms with van der Waals surface area (Å²) in [5.74, 6) is 0.563. The Balaban J connectivity index is 1.15. The second kappa shape index (κ2) is 19.4. The van der Waals surface area contributed by atoms with E-state index in [1.54, 1.807) is 0 Å². The molecule has 0 aromatic rings. The van der Waals surface area contributed by atoms with E-state index >= 15 is 8.78 Å². The molecule has 0 aromatic carbocycles. The van der Waals surface area contributed by atoms with Gasteiger partial charge in [-0.2, -0.15) is 0 Å². The van der Waals surface area contributed by atoms with Gasteiger partial charge < -0.3 is 5.11 Å². The van der Waals surface area contributed by atoms with Gasteiger partial charge in [-0.1, -0.05) is 130 Å². The van der Waals surface area contributed by atoms with E-state index in [0.29, 0.717) is 35.5 Å². The Morgan fingerprint density at radius 1 is 0.708 bits per heavy atom. The highest BCUT2D eigenvalue weighted by atomic mass is 19.3. The molecule has 0 aliphatic heterocycles. The van der Waals surface area contributed by atoms with Crippen molar-refractivity contribution in [2.75, 3.05) is 6.61 Å². The van der Waals surface area contributed by atoms with Gasteiger partial charge >= 0.3 is 0 Å². The average molecular weight is 675 g/mol. The number of halogens is 2. The van der Waals surface area contributed by atoms with E-state index in [9.17, 15) is 5.11 Å². The third-order valence-corrected chi connectivity index (χ3v) is 15.3. The Hall–Kier alpha value is -0.440. The smallest absolute Gasteiger partial charge is 0.251 e. The van der Waals surface area contributed by atoms with Gasteiger partial charge in [0.05, 0.1) is 0 Å². The van der Waals surface area contributed by atoms with Crippen LogP contribution in [0.2, 0.25) is 0 Å². The summed E-state index contributed by atoms with van der Waals surface area (Å²) in [6.45, 7) is 12.0. The molecule has 280 valence electrons. The molecular weight excluding hydrogens is 594 g/mol. The molecule has 4 aliphatic carbocycles. The van der Waals surface area contributed by atoms with Crippen molar-refractivity contribution >= 4 is 0 Å². The number of hydrogen-bond acceptors (Lipinski definition) is 1. The lowest BCUT2D eigenvalue weighted by molar-refractivity contribution is -0.231. The van der Waals surface area contributed by atoms with Crippen LogP contribution >= 0.6 is 0 Å². The van der Waals surface area contributed by atoms with Gasteiger partial charge in [-0.15, -0.1) is 0 Å². The molecule has 4 rings (SSSR count). The van der Waals surface area contributed by atoms with Crippen LogP contribution in [0, 0.1) is 58.2 Å². The first kappa shape index (κ1) is 40.3. The molecule has 0 radical (unpaired) electrons. The summed E-state index contributed by atoms with van der Waals surface area (Å²) in [5.41, 5.74) is 0.0705. The van der Waals surface area contributed by atoms with Gasteiger partial charge in [-0.3, -0.25) is 0 Å². The van der Waals surface area contributed by atoms with Crippen molar-refractivity contribution < 1.29 is 13.9 Å². The van der Waals surface area contributed by atoms with Crippen molar-refractivity contribution in [3.8, 4) is 0 Å². The first-order chi connectivity index (χ1) is 23.1. The fourth-order valence-electron chi connectivity index (χ4n) is 12.4. The number of alkyl halides is 2. The van der Waals surface area contributed by atoms with Crippen molar-refractivity contribution in [2.45, 2.75) is 207 Å². The monoisotopic (exact) mass is 675 g/mol. The summed E-state index contributed by atoms with van der Waals surface area (Å²) in [6.07, 6.45) is 36.2. The van der Waals surface area contributed by atoms with Crippen LogP contribution in [0.4, 0.5) is 8.78 Å². The minimum absolute atomic E-state index is 0.169. The predicted octanol–water partition coefficient (Wildman–Crippen LogP) is 14.4. The average Bonchev–Trinajstić information content (AvgIpc) is 3.42. The number of unbranched alkanes of at least 4 members (excludes halogenated alkanes) is 12. The lowest BCUT2D eigenvalue weighted by atomic mass is 9.43. The minimum atomic E-state index is -2.50. The quantitative estimate of drug-likeness (QED) is 0.0895. The number of hydrogen-bond donors (Lipinski definition) is 1. The first-order valence-corrected chi connectivity index (χ1v) is 21.7. The Labute approximate surface area is 297 Å². The lowest BCUT2D eigenvalue weighted by Gasteiger charge is -2.63. The van der Waals surface area contributed by atoms with E-state index in [2.05, 4.69) is 46.8 Å². The van der Waals surface area contributed by atoms with Crippen LogP contribution in [-0.2, 0) is 0 Å². The van der Waals surface area contributed by atoms with E-state index in [1.807, 2.05) is 0 Å². The van der Waals surface area contributed by atoms with Crippen molar-refractivity contribution in [1.82, 2.24) is 0 Å². The molecular formula is C45H80F2O. The zero-order valence-electron chi connectivity index (χ0n) is 32.6. The van der Waals surface area contributed by atoms with Gasteiger partial charge in [0.25, 0.3) is 5.92 Å². The molecule has 4 saturated carbocycles. The predicted molar refractivity (Wildman–Crippen MR) is 202 cm³/mol. The second-order valence-electron chi connectivity index (χ2n) is 18.7. The Morgan fingerprint density at radius 2 is 1.31 bits per heavy atom. The lowest BCUT2D eigenvalue weighted by Crippen LogP contribution is -2.60. The molecule has 0 spiro atoms. The highest BCUT2D eigenvalue weighted by molar-refractivity contribution is 5.13. The first-order valence-electron chi connectivity index (χ1n) is 21.7. The molecule has 4 fully saturated rings. The van der Waals surface area contributed by atoms with Gasteiger partial charge in [0.1, 0.15) is 0 Å². The van der Waals surface area contributed by atoms with Crippen LogP contribution in [0.25, 0.3) is 0 Å². The third kappa shape index (κ3) is 10.3. The maximum Gasteiger partial charge on any atom is 0.251 e. The standard InChI is InChI=1S/C45H80F2O/c1-6-7-8-9-10-11-12-13-14-15-16-17-18-19-20-21-25-37-28-30-44(5)41-29-31-43(4)39(36(3)24-22-23-35(2)34-48)26-27-40(43)38(41)33-45(46,47)42(44)32-37/h13-14,35-42,48H,6-12,15-34H2,1-5H3/b14-13-/t35?,36-,37?,38+,39-,40+,41+,42?,43-,44-/m1/s1. The maximum atomic E-state index is 16.4. The fraction of sp³-hybridized carbons (Fsp3) is 0.956. The molecule has 3 unspecified atom stereocenters. The molecule has 0 bridgehead atoms.